The van der Waals surface area contributed by atoms with E-state index in [0.717, 1.165) is 5.56 Å². The Hall–Kier alpha value is -2.30. The van der Waals surface area contributed by atoms with Crippen molar-refractivity contribution < 1.29 is 14.7 Å². The van der Waals surface area contributed by atoms with E-state index in [0.29, 0.717) is 17.9 Å². The Morgan fingerprint density at radius 3 is 2.74 bits per heavy atom. The second kappa shape index (κ2) is 9.66. The minimum Gasteiger partial charge on any atom is -0.477 e. The second-order valence-corrected chi connectivity index (χ2v) is 5.78. The molecule has 0 radical (unpaired) electrons. The van der Waals surface area contributed by atoms with Gasteiger partial charge in [-0.1, -0.05) is 18.2 Å². The lowest BCUT2D eigenvalue weighted by atomic mass is 10.1. The minimum absolute atomic E-state index is 0.0314. The van der Waals surface area contributed by atoms with Crippen LogP contribution in [0.15, 0.2) is 36.0 Å². The van der Waals surface area contributed by atoms with Gasteiger partial charge in [0.2, 0.25) is 5.91 Å². The second-order valence-electron chi connectivity index (χ2n) is 4.87. The molecule has 0 unspecified atom stereocenters. The Labute approximate surface area is 139 Å². The molecule has 1 amide bonds. The minimum atomic E-state index is -1.16. The summed E-state index contributed by atoms with van der Waals surface area (Å²) in [6.45, 7) is 0.456. The van der Waals surface area contributed by atoms with Crippen molar-refractivity contribution in [1.82, 2.24) is 10.2 Å². The fraction of sp³-hybridized carbons (Fsp3) is 0.312. The van der Waals surface area contributed by atoms with Crippen LogP contribution in [-0.2, 0) is 16.1 Å². The zero-order chi connectivity index (χ0) is 17.2. The van der Waals surface area contributed by atoms with Gasteiger partial charge in [-0.3, -0.25) is 9.69 Å². The molecule has 7 heteroatoms. The first-order valence-electron chi connectivity index (χ1n) is 6.86. The number of nitrogens with one attached hydrogen (secondary N) is 1. The highest BCUT2D eigenvalue weighted by molar-refractivity contribution is 7.98. The van der Waals surface area contributed by atoms with Gasteiger partial charge in [-0.2, -0.15) is 17.0 Å². The van der Waals surface area contributed by atoms with E-state index in [2.05, 4.69) is 11.4 Å². The Morgan fingerprint density at radius 1 is 1.43 bits per heavy atom. The number of carbonyl (C=O) groups excluding carboxylic acids is 1. The Bertz CT molecular complexity index is 638. The van der Waals surface area contributed by atoms with Crippen molar-refractivity contribution in [2.24, 2.45) is 0 Å². The molecule has 0 aliphatic carbocycles. The molecule has 1 aromatic rings. The van der Waals surface area contributed by atoms with Gasteiger partial charge >= 0.3 is 5.97 Å². The van der Waals surface area contributed by atoms with Gasteiger partial charge in [-0.15, -0.1) is 0 Å². The summed E-state index contributed by atoms with van der Waals surface area (Å²) in [4.78, 5) is 24.7. The van der Waals surface area contributed by atoms with Crippen LogP contribution in [0.25, 0.3) is 0 Å². The molecule has 0 spiro atoms. The lowest BCUT2D eigenvalue weighted by molar-refractivity contribution is -0.134. The highest BCUT2D eigenvalue weighted by atomic mass is 32.2. The van der Waals surface area contributed by atoms with E-state index < -0.39 is 11.9 Å². The highest BCUT2D eigenvalue weighted by Crippen LogP contribution is 2.09. The molecule has 0 atom stereocenters. The molecule has 0 fully saturated rings. The molecule has 122 valence electrons. The molecular formula is C16H19N3O3S. The van der Waals surface area contributed by atoms with Crippen molar-refractivity contribution in [2.75, 3.05) is 25.6 Å². The summed E-state index contributed by atoms with van der Waals surface area (Å²) in [5.74, 6) is -1.06. The normalized spacial score (nSPS) is 11.1. The van der Waals surface area contributed by atoms with E-state index in [-0.39, 0.29) is 12.2 Å². The van der Waals surface area contributed by atoms with Crippen LogP contribution in [0.1, 0.15) is 11.1 Å². The summed E-state index contributed by atoms with van der Waals surface area (Å²) in [5.41, 5.74) is 1.27. The number of rotatable bonds is 8. The third kappa shape index (κ3) is 6.55. The number of hydrogen-bond acceptors (Lipinski definition) is 5. The van der Waals surface area contributed by atoms with Gasteiger partial charge in [-0.05, 0) is 31.0 Å². The Balaban J connectivity index is 2.63. The SMILES string of the molecule is CSC/C=C(/NC(=O)CN(C)Cc1ccccc1C#N)C(=O)O. The predicted octanol–water partition coefficient (Wildman–Crippen LogP) is 1.44. The quantitative estimate of drug-likeness (QED) is 0.699. The number of benzene rings is 1. The monoisotopic (exact) mass is 333 g/mol. The first-order valence-corrected chi connectivity index (χ1v) is 8.26. The zero-order valence-corrected chi connectivity index (χ0v) is 13.9. The van der Waals surface area contributed by atoms with E-state index in [9.17, 15) is 9.59 Å². The molecule has 0 bridgehead atoms. The smallest absolute Gasteiger partial charge is 0.352 e. The van der Waals surface area contributed by atoms with E-state index in [4.69, 9.17) is 10.4 Å². The summed E-state index contributed by atoms with van der Waals surface area (Å²) >= 11 is 1.46. The Morgan fingerprint density at radius 2 is 2.13 bits per heavy atom. The van der Waals surface area contributed by atoms with Gasteiger partial charge in [0.15, 0.2) is 0 Å². The van der Waals surface area contributed by atoms with Crippen LogP contribution in [0, 0.1) is 11.3 Å². The van der Waals surface area contributed by atoms with Crippen LogP contribution in [-0.4, -0.2) is 47.5 Å². The van der Waals surface area contributed by atoms with Gasteiger partial charge in [0.05, 0.1) is 18.2 Å². The third-order valence-electron chi connectivity index (χ3n) is 2.95. The maximum absolute atomic E-state index is 11.9. The Kier molecular flexibility index (Phi) is 7.88. The number of amides is 1. The van der Waals surface area contributed by atoms with Gasteiger partial charge in [0.1, 0.15) is 5.70 Å². The van der Waals surface area contributed by atoms with Gasteiger partial charge in [-0.25, -0.2) is 4.79 Å². The number of carboxylic acid groups (broad SMARTS) is 1. The largest absolute Gasteiger partial charge is 0.477 e. The van der Waals surface area contributed by atoms with E-state index in [1.165, 1.54) is 17.8 Å². The number of carboxylic acids is 1. The summed E-state index contributed by atoms with van der Waals surface area (Å²) in [6, 6.07) is 9.27. The van der Waals surface area contributed by atoms with Crippen molar-refractivity contribution in [3.63, 3.8) is 0 Å². The maximum Gasteiger partial charge on any atom is 0.352 e. The number of aliphatic carboxylic acids is 1. The lowest BCUT2D eigenvalue weighted by Gasteiger charge is -2.17. The van der Waals surface area contributed by atoms with Crippen LogP contribution in [0.3, 0.4) is 0 Å². The average molecular weight is 333 g/mol. The number of nitrogens with zero attached hydrogens (tertiary/aromatic N) is 2. The molecule has 1 rings (SSSR count). The molecule has 0 aromatic heterocycles. The van der Waals surface area contributed by atoms with Crippen molar-refractivity contribution in [3.8, 4) is 6.07 Å². The van der Waals surface area contributed by atoms with Gasteiger partial charge in [0.25, 0.3) is 0 Å². The number of thioether (sulfide) groups is 1. The number of nitriles is 1. The summed E-state index contributed by atoms with van der Waals surface area (Å²) in [6.07, 6.45) is 3.31. The highest BCUT2D eigenvalue weighted by Gasteiger charge is 2.14. The van der Waals surface area contributed by atoms with Crippen LogP contribution >= 0.6 is 11.8 Å². The molecule has 23 heavy (non-hydrogen) atoms. The molecule has 2 N–H and O–H groups in total. The number of likely N-dealkylation sites (N-methyl/N-ethyl adjacent to an activating group) is 1. The number of hydrogen-bond donors (Lipinski definition) is 2. The van der Waals surface area contributed by atoms with Crippen LogP contribution in [0.4, 0.5) is 0 Å². The van der Waals surface area contributed by atoms with E-state index in [1.54, 1.807) is 24.1 Å². The fourth-order valence-corrected chi connectivity index (χ4v) is 2.24. The first-order chi connectivity index (χ1) is 11.0. The van der Waals surface area contributed by atoms with Crippen molar-refractivity contribution in [2.45, 2.75) is 6.54 Å². The molecule has 6 nitrogen and oxygen atoms in total. The lowest BCUT2D eigenvalue weighted by Crippen LogP contribution is -2.36. The van der Waals surface area contributed by atoms with Crippen molar-refractivity contribution >= 4 is 23.6 Å². The fourth-order valence-electron chi connectivity index (χ4n) is 1.91. The van der Waals surface area contributed by atoms with Gasteiger partial charge < -0.3 is 10.4 Å². The summed E-state index contributed by atoms with van der Waals surface area (Å²) in [5, 5.41) is 20.5. The maximum atomic E-state index is 11.9. The van der Waals surface area contributed by atoms with Crippen LogP contribution < -0.4 is 5.32 Å². The molecule has 1 aromatic carbocycles. The predicted molar refractivity (Wildman–Crippen MR) is 89.7 cm³/mol. The van der Waals surface area contributed by atoms with E-state index in [1.807, 2.05) is 18.4 Å². The van der Waals surface area contributed by atoms with Crippen molar-refractivity contribution in [3.05, 3.63) is 47.2 Å². The van der Waals surface area contributed by atoms with E-state index >= 15 is 0 Å². The molecule has 0 aliphatic rings. The molecule has 0 saturated carbocycles. The molecule has 0 heterocycles. The summed E-state index contributed by atoms with van der Waals surface area (Å²) in [7, 11) is 1.74. The average Bonchev–Trinajstić information content (AvgIpc) is 2.51. The molecule has 0 aliphatic heterocycles. The van der Waals surface area contributed by atoms with Gasteiger partial charge in [0, 0.05) is 12.3 Å². The standard InChI is InChI=1S/C16H19N3O3S/c1-19(10-13-6-4-3-5-12(13)9-17)11-15(20)18-14(16(21)22)7-8-23-2/h3-7H,8,10-11H2,1-2H3,(H,18,20)(H,21,22)/b14-7+. The number of carbonyl (C=O) groups is 2. The topological polar surface area (TPSA) is 93.4 Å². The zero-order valence-electron chi connectivity index (χ0n) is 13.1. The molecular weight excluding hydrogens is 314 g/mol. The summed E-state index contributed by atoms with van der Waals surface area (Å²) < 4.78 is 0. The van der Waals surface area contributed by atoms with Crippen LogP contribution in [0.5, 0.6) is 0 Å². The first kappa shape index (κ1) is 18.7. The third-order valence-corrected chi connectivity index (χ3v) is 3.45. The van der Waals surface area contributed by atoms with Crippen LogP contribution in [0.2, 0.25) is 0 Å². The van der Waals surface area contributed by atoms with Crippen molar-refractivity contribution in [1.29, 1.82) is 5.26 Å². The molecule has 0 saturated heterocycles.